The second-order valence-corrected chi connectivity index (χ2v) is 11.9. The van der Waals surface area contributed by atoms with Crippen molar-refractivity contribution >= 4 is 8.32 Å². The average Bonchev–Trinajstić information content (AvgIpc) is 2.60. The Morgan fingerprint density at radius 1 is 0.520 bits per heavy atom. The van der Waals surface area contributed by atoms with E-state index in [2.05, 4.69) is 13.1 Å². The quantitative estimate of drug-likeness (QED) is 0.210. The average molecular weight is 377 g/mol. The van der Waals surface area contributed by atoms with Crippen LogP contribution in [0.2, 0.25) is 19.1 Å². The zero-order chi connectivity index (χ0) is 18.6. The monoisotopic (exact) mass is 376 g/mol. The van der Waals surface area contributed by atoms with E-state index in [4.69, 9.17) is 18.6 Å². The zero-order valence-corrected chi connectivity index (χ0v) is 18.4. The van der Waals surface area contributed by atoms with Crippen molar-refractivity contribution in [3.63, 3.8) is 0 Å². The maximum Gasteiger partial charge on any atom is 0.186 e. The minimum atomic E-state index is -1.31. The lowest BCUT2D eigenvalue weighted by Crippen LogP contribution is -2.27. The summed E-state index contributed by atoms with van der Waals surface area (Å²) >= 11 is 0. The highest BCUT2D eigenvalue weighted by Gasteiger charge is 2.18. The van der Waals surface area contributed by atoms with Crippen LogP contribution in [0.1, 0.15) is 64.2 Å². The van der Waals surface area contributed by atoms with Gasteiger partial charge in [-0.05, 0) is 32.0 Å². The third-order valence-corrected chi connectivity index (χ3v) is 7.29. The summed E-state index contributed by atoms with van der Waals surface area (Å²) in [5.74, 6) is 0. The Hall–Kier alpha value is 0.0569. The molecule has 0 aromatic rings. The molecular formula is C20H44O4Si. The molecule has 0 N–H and O–H groups in total. The summed E-state index contributed by atoms with van der Waals surface area (Å²) < 4.78 is 21.5. The Bertz CT molecular complexity index is 262. The number of hydrogen-bond acceptors (Lipinski definition) is 4. The maximum atomic E-state index is 5.63. The van der Waals surface area contributed by atoms with E-state index in [0.29, 0.717) is 13.2 Å². The van der Waals surface area contributed by atoms with Crippen LogP contribution in [-0.2, 0) is 18.6 Å². The van der Waals surface area contributed by atoms with E-state index >= 15 is 0 Å². The van der Waals surface area contributed by atoms with Gasteiger partial charge in [0.05, 0.1) is 13.2 Å². The minimum Gasteiger partial charge on any atom is -0.420 e. The van der Waals surface area contributed by atoms with Gasteiger partial charge in [0.2, 0.25) is 0 Å². The van der Waals surface area contributed by atoms with Crippen molar-refractivity contribution in [1.82, 2.24) is 0 Å². The summed E-state index contributed by atoms with van der Waals surface area (Å²) in [6.07, 6.45) is 13.1. The van der Waals surface area contributed by atoms with Gasteiger partial charge in [0.1, 0.15) is 0 Å². The molecule has 0 radical (unpaired) electrons. The molecule has 0 aliphatic carbocycles. The van der Waals surface area contributed by atoms with Crippen LogP contribution in [0, 0.1) is 0 Å². The summed E-state index contributed by atoms with van der Waals surface area (Å²) in [4.78, 5) is 0. The normalized spacial score (nSPS) is 12.0. The Labute approximate surface area is 158 Å². The summed E-state index contributed by atoms with van der Waals surface area (Å²) in [7, 11) is 2.25. The Morgan fingerprint density at radius 3 is 1.56 bits per heavy atom. The number of hydrogen-bond donors (Lipinski definition) is 0. The first kappa shape index (κ1) is 25.1. The Morgan fingerprint density at radius 2 is 1.00 bits per heavy atom. The van der Waals surface area contributed by atoms with Gasteiger partial charge in [-0.25, -0.2) is 0 Å². The first-order valence-electron chi connectivity index (χ1n) is 10.3. The second kappa shape index (κ2) is 18.8. The first-order chi connectivity index (χ1) is 12.1. The van der Waals surface area contributed by atoms with Gasteiger partial charge in [-0.2, -0.15) is 0 Å². The van der Waals surface area contributed by atoms with Crippen LogP contribution in [-0.4, -0.2) is 55.6 Å². The van der Waals surface area contributed by atoms with E-state index in [9.17, 15) is 0 Å². The fraction of sp³-hybridized carbons (Fsp3) is 1.00. The van der Waals surface area contributed by atoms with Crippen LogP contribution in [0.5, 0.6) is 0 Å². The molecule has 0 aromatic carbocycles. The van der Waals surface area contributed by atoms with E-state index in [1.54, 1.807) is 7.11 Å². The van der Waals surface area contributed by atoms with E-state index in [1.807, 2.05) is 7.11 Å². The molecule has 25 heavy (non-hydrogen) atoms. The smallest absolute Gasteiger partial charge is 0.186 e. The molecule has 0 unspecified atom stereocenters. The van der Waals surface area contributed by atoms with E-state index in [-0.39, 0.29) is 0 Å². The van der Waals surface area contributed by atoms with Crippen molar-refractivity contribution in [2.24, 2.45) is 0 Å². The number of methoxy groups -OCH3 is 1. The third kappa shape index (κ3) is 20.2. The minimum absolute atomic E-state index is 0.675. The molecular weight excluding hydrogens is 332 g/mol. The molecule has 4 nitrogen and oxygen atoms in total. The molecule has 0 aromatic heterocycles. The lowest BCUT2D eigenvalue weighted by molar-refractivity contribution is 0.0508. The molecule has 0 amide bonds. The molecule has 0 aliphatic rings. The fourth-order valence-electron chi connectivity index (χ4n) is 2.70. The van der Waals surface area contributed by atoms with Gasteiger partial charge in [-0.15, -0.1) is 0 Å². The molecule has 0 spiro atoms. The van der Waals surface area contributed by atoms with Gasteiger partial charge in [-0.3, -0.25) is 0 Å². The highest BCUT2D eigenvalue weighted by atomic mass is 28.4. The van der Waals surface area contributed by atoms with Gasteiger partial charge in [-0.1, -0.05) is 51.4 Å². The van der Waals surface area contributed by atoms with Gasteiger partial charge >= 0.3 is 0 Å². The summed E-state index contributed by atoms with van der Waals surface area (Å²) in [6.45, 7) is 8.47. The first-order valence-corrected chi connectivity index (χ1v) is 13.4. The molecule has 152 valence electrons. The van der Waals surface area contributed by atoms with Crippen LogP contribution in [0.25, 0.3) is 0 Å². The SMILES string of the molecule is COCCOCCCOCCCCCCCCCCC[Si](C)(C)OC. The van der Waals surface area contributed by atoms with E-state index in [1.165, 1.54) is 63.8 Å². The van der Waals surface area contributed by atoms with Crippen LogP contribution in [0.4, 0.5) is 0 Å². The van der Waals surface area contributed by atoms with Crippen LogP contribution >= 0.6 is 0 Å². The summed E-state index contributed by atoms with van der Waals surface area (Å²) in [5.41, 5.74) is 0. The van der Waals surface area contributed by atoms with Gasteiger partial charge in [0, 0.05) is 34.0 Å². The van der Waals surface area contributed by atoms with E-state index in [0.717, 1.165) is 26.2 Å². The Balaban J connectivity index is 3.05. The fourth-order valence-corrected chi connectivity index (χ4v) is 4.01. The third-order valence-electron chi connectivity index (χ3n) is 4.63. The lowest BCUT2D eigenvalue weighted by atomic mass is 10.1. The molecule has 5 heteroatoms. The number of ether oxygens (including phenoxy) is 3. The van der Waals surface area contributed by atoms with Crippen molar-refractivity contribution in [3.8, 4) is 0 Å². The molecule has 0 rings (SSSR count). The van der Waals surface area contributed by atoms with Crippen molar-refractivity contribution in [1.29, 1.82) is 0 Å². The van der Waals surface area contributed by atoms with Crippen LogP contribution in [0.15, 0.2) is 0 Å². The predicted molar refractivity (Wildman–Crippen MR) is 109 cm³/mol. The predicted octanol–water partition coefficient (Wildman–Crippen LogP) is 5.42. The summed E-state index contributed by atoms with van der Waals surface area (Å²) in [5, 5.41) is 0. The van der Waals surface area contributed by atoms with Crippen molar-refractivity contribution < 1.29 is 18.6 Å². The van der Waals surface area contributed by atoms with Gasteiger partial charge < -0.3 is 18.6 Å². The zero-order valence-electron chi connectivity index (χ0n) is 17.4. The number of unbranched alkanes of at least 4 members (excludes halogenated alkanes) is 8. The summed E-state index contributed by atoms with van der Waals surface area (Å²) in [6, 6.07) is 1.31. The highest BCUT2D eigenvalue weighted by molar-refractivity contribution is 6.71. The molecule has 0 aliphatic heterocycles. The molecule has 0 atom stereocenters. The largest absolute Gasteiger partial charge is 0.420 e. The molecule has 0 saturated heterocycles. The Kier molecular flexibility index (Phi) is 18.9. The molecule has 0 fully saturated rings. The molecule has 0 saturated carbocycles. The second-order valence-electron chi connectivity index (χ2n) is 7.47. The van der Waals surface area contributed by atoms with Crippen molar-refractivity contribution in [3.05, 3.63) is 0 Å². The van der Waals surface area contributed by atoms with Gasteiger partial charge in [0.15, 0.2) is 8.32 Å². The topological polar surface area (TPSA) is 36.9 Å². The molecule has 0 bridgehead atoms. The number of rotatable bonds is 20. The van der Waals surface area contributed by atoms with Crippen LogP contribution < -0.4 is 0 Å². The lowest BCUT2D eigenvalue weighted by Gasteiger charge is -2.19. The maximum absolute atomic E-state index is 5.63. The van der Waals surface area contributed by atoms with Crippen LogP contribution in [0.3, 0.4) is 0 Å². The van der Waals surface area contributed by atoms with Crippen molar-refractivity contribution in [2.45, 2.75) is 83.3 Å². The van der Waals surface area contributed by atoms with E-state index < -0.39 is 8.32 Å². The standard InChI is InChI=1S/C20H44O4Si/c1-21-18-19-24-17-14-16-23-15-12-10-8-6-5-7-9-11-13-20-25(3,4)22-2/h5-20H2,1-4H3. The van der Waals surface area contributed by atoms with Gasteiger partial charge in [0.25, 0.3) is 0 Å². The van der Waals surface area contributed by atoms with Crippen molar-refractivity contribution in [2.75, 3.05) is 47.3 Å². The molecule has 0 heterocycles. The highest BCUT2D eigenvalue weighted by Crippen LogP contribution is 2.16.